The molecule has 0 saturated heterocycles. The minimum Gasteiger partial charge on any atom is -0.506 e. The fraction of sp³-hybridized carbons (Fsp3) is 0.429. The molecule has 0 aliphatic rings. The third kappa shape index (κ3) is 2.29. The summed E-state index contributed by atoms with van der Waals surface area (Å²) in [7, 11) is 0. The normalized spacial score (nSPS) is 11.5. The molecule has 0 unspecified atom stereocenters. The fourth-order valence-electron chi connectivity index (χ4n) is 2.12. The van der Waals surface area contributed by atoms with Crippen molar-refractivity contribution in [3.05, 3.63) is 30.0 Å². The Hall–Kier alpha value is -1.48. The van der Waals surface area contributed by atoms with Crippen LogP contribution >= 0.6 is 0 Å². The summed E-state index contributed by atoms with van der Waals surface area (Å²) < 4.78 is 2.10. The average Bonchev–Trinajstić information content (AvgIpc) is 2.66. The highest BCUT2D eigenvalue weighted by molar-refractivity contribution is 5.88. The van der Waals surface area contributed by atoms with Crippen LogP contribution in [0.3, 0.4) is 0 Å². The molecule has 0 radical (unpaired) electrons. The van der Waals surface area contributed by atoms with E-state index in [2.05, 4.69) is 42.9 Å². The Morgan fingerprint density at radius 2 is 2.12 bits per heavy atom. The van der Waals surface area contributed by atoms with Crippen LogP contribution in [0.4, 0.5) is 0 Å². The summed E-state index contributed by atoms with van der Waals surface area (Å²) in [6.07, 6.45) is 2.12. The van der Waals surface area contributed by atoms with Gasteiger partial charge in [-0.05, 0) is 18.6 Å². The molecule has 1 aromatic heterocycles. The van der Waals surface area contributed by atoms with Crippen molar-refractivity contribution in [2.75, 3.05) is 0 Å². The van der Waals surface area contributed by atoms with E-state index in [0.717, 1.165) is 24.0 Å². The molecule has 2 N–H and O–H groups in total. The number of aryl methyl sites for hydroxylation is 1. The number of fused-ring (bicyclic) bond motifs is 1. The van der Waals surface area contributed by atoms with Gasteiger partial charge in [0.05, 0.1) is 5.52 Å². The zero-order chi connectivity index (χ0) is 12.4. The van der Waals surface area contributed by atoms with Crippen LogP contribution in [0.1, 0.15) is 26.3 Å². The van der Waals surface area contributed by atoms with Crippen molar-refractivity contribution in [1.29, 1.82) is 0 Å². The smallest absolute Gasteiger partial charge is 0.139 e. The molecule has 1 aromatic carbocycles. The zero-order valence-electron chi connectivity index (χ0n) is 10.7. The molecule has 3 heteroatoms. The standard InChI is InChI=1S/C14H20N2O/c1-4-16-9-11(8-15-10(2)3)12-6-5-7-13(17)14(12)16/h5-7,9-10,15,17H,4,8H2,1-3H3. The van der Waals surface area contributed by atoms with Gasteiger partial charge in [0.2, 0.25) is 0 Å². The van der Waals surface area contributed by atoms with E-state index in [9.17, 15) is 5.11 Å². The van der Waals surface area contributed by atoms with Crippen molar-refractivity contribution in [3.63, 3.8) is 0 Å². The monoisotopic (exact) mass is 232 g/mol. The summed E-state index contributed by atoms with van der Waals surface area (Å²) in [6, 6.07) is 6.18. The largest absolute Gasteiger partial charge is 0.506 e. The second kappa shape index (κ2) is 4.80. The SMILES string of the molecule is CCn1cc(CNC(C)C)c2cccc(O)c21. The second-order valence-electron chi connectivity index (χ2n) is 4.65. The third-order valence-corrected chi connectivity index (χ3v) is 3.00. The topological polar surface area (TPSA) is 37.2 Å². The lowest BCUT2D eigenvalue weighted by Crippen LogP contribution is -2.21. The molecule has 0 fully saturated rings. The minimum atomic E-state index is 0.361. The van der Waals surface area contributed by atoms with Crippen molar-refractivity contribution in [3.8, 4) is 5.75 Å². The number of aromatic hydroxyl groups is 1. The lowest BCUT2D eigenvalue weighted by molar-refractivity contribution is 0.478. The van der Waals surface area contributed by atoms with Gasteiger partial charge in [0.1, 0.15) is 5.75 Å². The maximum atomic E-state index is 9.93. The molecule has 92 valence electrons. The van der Waals surface area contributed by atoms with Crippen LogP contribution in [0.5, 0.6) is 5.75 Å². The first kappa shape index (κ1) is 12.0. The Bertz CT molecular complexity index is 514. The van der Waals surface area contributed by atoms with E-state index < -0.39 is 0 Å². The zero-order valence-corrected chi connectivity index (χ0v) is 10.7. The maximum absolute atomic E-state index is 9.93. The molecule has 0 bridgehead atoms. The minimum absolute atomic E-state index is 0.361. The predicted octanol–water partition coefficient (Wildman–Crippen LogP) is 2.86. The Balaban J connectivity index is 2.46. The van der Waals surface area contributed by atoms with Crippen LogP contribution in [0.2, 0.25) is 0 Å². The average molecular weight is 232 g/mol. The first-order chi connectivity index (χ1) is 8.13. The van der Waals surface area contributed by atoms with Crippen LogP contribution < -0.4 is 5.32 Å². The molecule has 0 saturated carbocycles. The Labute approximate surface area is 102 Å². The number of hydrogen-bond acceptors (Lipinski definition) is 2. The summed E-state index contributed by atoms with van der Waals surface area (Å²) in [5, 5.41) is 14.5. The van der Waals surface area contributed by atoms with E-state index in [4.69, 9.17) is 0 Å². The van der Waals surface area contributed by atoms with E-state index in [-0.39, 0.29) is 0 Å². The van der Waals surface area contributed by atoms with E-state index in [0.29, 0.717) is 11.8 Å². The highest BCUT2D eigenvalue weighted by Crippen LogP contribution is 2.28. The Kier molecular flexibility index (Phi) is 3.38. The van der Waals surface area contributed by atoms with Gasteiger partial charge < -0.3 is 15.0 Å². The van der Waals surface area contributed by atoms with Crippen molar-refractivity contribution < 1.29 is 5.11 Å². The Morgan fingerprint density at radius 3 is 2.76 bits per heavy atom. The van der Waals surface area contributed by atoms with E-state index in [1.807, 2.05) is 6.07 Å². The highest BCUT2D eigenvalue weighted by atomic mass is 16.3. The maximum Gasteiger partial charge on any atom is 0.139 e. The van der Waals surface area contributed by atoms with Crippen molar-refractivity contribution in [1.82, 2.24) is 9.88 Å². The van der Waals surface area contributed by atoms with Crippen molar-refractivity contribution in [2.24, 2.45) is 0 Å². The van der Waals surface area contributed by atoms with Gasteiger partial charge in [-0.2, -0.15) is 0 Å². The Morgan fingerprint density at radius 1 is 1.35 bits per heavy atom. The molecular formula is C14H20N2O. The summed E-state index contributed by atoms with van der Waals surface area (Å²) in [6.45, 7) is 8.07. The highest BCUT2D eigenvalue weighted by Gasteiger charge is 2.10. The van der Waals surface area contributed by atoms with Gasteiger partial charge >= 0.3 is 0 Å². The lowest BCUT2D eigenvalue weighted by atomic mass is 10.1. The first-order valence-electron chi connectivity index (χ1n) is 6.16. The van der Waals surface area contributed by atoms with Gasteiger partial charge in [-0.3, -0.25) is 0 Å². The number of hydrogen-bond donors (Lipinski definition) is 2. The molecule has 17 heavy (non-hydrogen) atoms. The van der Waals surface area contributed by atoms with Gasteiger partial charge in [0.15, 0.2) is 0 Å². The fourth-order valence-corrected chi connectivity index (χ4v) is 2.12. The van der Waals surface area contributed by atoms with Gasteiger partial charge in [-0.25, -0.2) is 0 Å². The summed E-state index contributed by atoms with van der Waals surface area (Å²) in [5.41, 5.74) is 2.18. The quantitative estimate of drug-likeness (QED) is 0.850. The molecular weight excluding hydrogens is 212 g/mol. The van der Waals surface area contributed by atoms with E-state index >= 15 is 0 Å². The van der Waals surface area contributed by atoms with Gasteiger partial charge in [-0.1, -0.05) is 26.0 Å². The molecule has 0 spiro atoms. The third-order valence-electron chi connectivity index (χ3n) is 3.00. The molecule has 0 amide bonds. The summed E-state index contributed by atoms with van der Waals surface area (Å²) >= 11 is 0. The first-order valence-corrected chi connectivity index (χ1v) is 6.16. The summed E-state index contributed by atoms with van der Waals surface area (Å²) in [4.78, 5) is 0. The van der Waals surface area contributed by atoms with Crippen LogP contribution in [-0.2, 0) is 13.1 Å². The van der Waals surface area contributed by atoms with Crippen molar-refractivity contribution in [2.45, 2.75) is 39.9 Å². The molecule has 0 aliphatic heterocycles. The van der Waals surface area contributed by atoms with Crippen LogP contribution in [0.25, 0.3) is 10.9 Å². The molecule has 0 atom stereocenters. The molecule has 1 heterocycles. The molecule has 2 aromatic rings. The summed E-state index contributed by atoms with van der Waals surface area (Å²) in [5.74, 6) is 0.361. The molecule has 3 nitrogen and oxygen atoms in total. The second-order valence-corrected chi connectivity index (χ2v) is 4.65. The van der Waals surface area contributed by atoms with Crippen LogP contribution in [0, 0.1) is 0 Å². The number of rotatable bonds is 4. The number of nitrogens with one attached hydrogen (secondary N) is 1. The number of phenolic OH excluding ortho intramolecular Hbond substituents is 1. The number of nitrogens with zero attached hydrogens (tertiary/aromatic N) is 1. The van der Waals surface area contributed by atoms with Gasteiger partial charge in [-0.15, -0.1) is 0 Å². The number of para-hydroxylation sites is 1. The van der Waals surface area contributed by atoms with E-state index in [1.165, 1.54) is 5.56 Å². The lowest BCUT2D eigenvalue weighted by Gasteiger charge is -2.06. The molecule has 2 rings (SSSR count). The van der Waals surface area contributed by atoms with E-state index in [1.54, 1.807) is 6.07 Å². The van der Waals surface area contributed by atoms with Gasteiger partial charge in [0.25, 0.3) is 0 Å². The van der Waals surface area contributed by atoms with Crippen LogP contribution in [-0.4, -0.2) is 15.7 Å². The van der Waals surface area contributed by atoms with Crippen molar-refractivity contribution >= 4 is 10.9 Å². The van der Waals surface area contributed by atoms with Crippen LogP contribution in [0.15, 0.2) is 24.4 Å². The number of benzene rings is 1. The predicted molar refractivity (Wildman–Crippen MR) is 71.3 cm³/mol. The number of phenols is 1. The van der Waals surface area contributed by atoms with Gasteiger partial charge in [0, 0.05) is 30.7 Å². The number of aromatic nitrogens is 1. The molecule has 0 aliphatic carbocycles.